The largest absolute Gasteiger partial charge is 0.356 e. The van der Waals surface area contributed by atoms with Gasteiger partial charge in [0, 0.05) is 52.5 Å². The fourth-order valence-electron chi connectivity index (χ4n) is 5.30. The van der Waals surface area contributed by atoms with E-state index < -0.39 is 0 Å². The minimum Gasteiger partial charge on any atom is -0.356 e. The third-order valence-electron chi connectivity index (χ3n) is 7.70. The average Bonchev–Trinajstić information content (AvgIpc) is 2.87. The Labute approximate surface area is 218 Å². The van der Waals surface area contributed by atoms with Crippen molar-refractivity contribution in [1.29, 1.82) is 0 Å². The van der Waals surface area contributed by atoms with E-state index in [1.165, 1.54) is 51.9 Å². The van der Waals surface area contributed by atoms with Crippen LogP contribution in [0.5, 0.6) is 0 Å². The third kappa shape index (κ3) is 14.1. The SMILES string of the molecule is CC(=O)NCCCNC(=O)CCN1CCC(CCCC2CCN(CCC(=O)NCCCN)CC2)CC1. The van der Waals surface area contributed by atoms with Gasteiger partial charge >= 0.3 is 0 Å². The molecule has 0 atom stereocenters. The molecule has 2 saturated heterocycles. The summed E-state index contributed by atoms with van der Waals surface area (Å²) in [6, 6.07) is 0. The Hall–Kier alpha value is -1.71. The first kappa shape index (κ1) is 30.5. The van der Waals surface area contributed by atoms with Gasteiger partial charge in [-0.2, -0.15) is 0 Å². The van der Waals surface area contributed by atoms with Crippen LogP contribution in [-0.2, 0) is 14.4 Å². The van der Waals surface area contributed by atoms with Gasteiger partial charge in [-0.25, -0.2) is 0 Å². The molecule has 0 radical (unpaired) electrons. The van der Waals surface area contributed by atoms with Crippen LogP contribution < -0.4 is 21.7 Å². The van der Waals surface area contributed by atoms with Gasteiger partial charge in [-0.15, -0.1) is 0 Å². The second-order valence-corrected chi connectivity index (χ2v) is 10.7. The van der Waals surface area contributed by atoms with Crippen LogP contribution in [0, 0.1) is 11.8 Å². The van der Waals surface area contributed by atoms with Gasteiger partial charge in [0.1, 0.15) is 0 Å². The summed E-state index contributed by atoms with van der Waals surface area (Å²) in [5, 5.41) is 8.63. The van der Waals surface area contributed by atoms with Gasteiger partial charge in [-0.05, 0) is 83.1 Å². The maximum atomic E-state index is 12.0. The zero-order chi connectivity index (χ0) is 26.0. The highest BCUT2D eigenvalue weighted by Gasteiger charge is 2.22. The predicted molar refractivity (Wildman–Crippen MR) is 144 cm³/mol. The van der Waals surface area contributed by atoms with Crippen LogP contribution in [0.1, 0.15) is 77.6 Å². The first-order valence-electron chi connectivity index (χ1n) is 14.4. The molecule has 2 rings (SSSR count). The summed E-state index contributed by atoms with van der Waals surface area (Å²) in [5.74, 6) is 1.91. The number of nitrogens with zero attached hydrogens (tertiary/aromatic N) is 2. The Morgan fingerprint density at radius 2 is 1.14 bits per heavy atom. The number of amides is 3. The van der Waals surface area contributed by atoms with Gasteiger partial charge < -0.3 is 31.5 Å². The number of carbonyl (C=O) groups excluding carboxylic acids is 3. The third-order valence-corrected chi connectivity index (χ3v) is 7.70. The van der Waals surface area contributed by atoms with Gasteiger partial charge in [0.15, 0.2) is 0 Å². The molecule has 0 aliphatic carbocycles. The lowest BCUT2D eigenvalue weighted by Gasteiger charge is -2.33. The maximum Gasteiger partial charge on any atom is 0.221 e. The molecule has 0 aromatic carbocycles. The molecular formula is C27H52N6O3. The lowest BCUT2D eigenvalue weighted by atomic mass is 9.87. The van der Waals surface area contributed by atoms with Crippen molar-refractivity contribution in [1.82, 2.24) is 25.8 Å². The molecule has 2 heterocycles. The number of piperidine rings is 2. The molecule has 3 amide bonds. The molecule has 5 N–H and O–H groups in total. The minimum absolute atomic E-state index is 0.0285. The van der Waals surface area contributed by atoms with Crippen LogP contribution in [0.15, 0.2) is 0 Å². The Balaban J connectivity index is 1.43. The summed E-state index contributed by atoms with van der Waals surface area (Å²) in [6.07, 6.45) is 11.8. The van der Waals surface area contributed by atoms with Gasteiger partial charge in [0.05, 0.1) is 0 Å². The lowest BCUT2D eigenvalue weighted by molar-refractivity contribution is -0.122. The second kappa shape index (κ2) is 18.5. The monoisotopic (exact) mass is 508 g/mol. The Bertz CT molecular complexity index is 631. The molecule has 0 spiro atoms. The van der Waals surface area contributed by atoms with E-state index in [2.05, 4.69) is 25.8 Å². The van der Waals surface area contributed by atoms with Crippen molar-refractivity contribution in [2.24, 2.45) is 17.6 Å². The van der Waals surface area contributed by atoms with Crippen LogP contribution in [0.3, 0.4) is 0 Å². The number of nitrogens with two attached hydrogens (primary N) is 1. The second-order valence-electron chi connectivity index (χ2n) is 10.7. The zero-order valence-corrected chi connectivity index (χ0v) is 22.7. The zero-order valence-electron chi connectivity index (χ0n) is 22.7. The average molecular weight is 509 g/mol. The van der Waals surface area contributed by atoms with E-state index in [9.17, 15) is 14.4 Å². The highest BCUT2D eigenvalue weighted by Crippen LogP contribution is 2.27. The van der Waals surface area contributed by atoms with Crippen LogP contribution in [0.25, 0.3) is 0 Å². The molecule has 0 saturated carbocycles. The van der Waals surface area contributed by atoms with E-state index >= 15 is 0 Å². The minimum atomic E-state index is -0.0285. The highest BCUT2D eigenvalue weighted by atomic mass is 16.2. The first-order valence-corrected chi connectivity index (χ1v) is 14.4. The van der Waals surface area contributed by atoms with Gasteiger partial charge in [-0.1, -0.05) is 19.3 Å². The van der Waals surface area contributed by atoms with Crippen molar-refractivity contribution in [3.63, 3.8) is 0 Å². The fraction of sp³-hybridized carbons (Fsp3) is 0.889. The van der Waals surface area contributed by atoms with Crippen molar-refractivity contribution in [2.45, 2.75) is 77.6 Å². The standard InChI is InChI=1S/C27H52N6O3/c1-23(34)29-15-4-16-31-27(36)12-22-33-19-9-25(10-20-33)6-2-5-24-7-17-32(18-8-24)21-11-26(35)30-14-3-13-28/h24-25H,2-22,28H2,1H3,(H,29,34)(H,30,35)(H,31,36). The Kier molecular flexibility index (Phi) is 15.7. The molecule has 9 nitrogen and oxygen atoms in total. The Morgan fingerprint density at radius 3 is 1.58 bits per heavy atom. The first-order chi connectivity index (χ1) is 17.5. The molecule has 2 fully saturated rings. The summed E-state index contributed by atoms with van der Waals surface area (Å²) in [5.41, 5.74) is 5.46. The molecule has 0 bridgehead atoms. The van der Waals surface area contributed by atoms with Crippen molar-refractivity contribution in [3.8, 4) is 0 Å². The molecule has 0 aromatic heterocycles. The van der Waals surface area contributed by atoms with Gasteiger partial charge in [0.2, 0.25) is 17.7 Å². The maximum absolute atomic E-state index is 12.0. The van der Waals surface area contributed by atoms with E-state index in [0.717, 1.165) is 63.9 Å². The van der Waals surface area contributed by atoms with Crippen LogP contribution >= 0.6 is 0 Å². The highest BCUT2D eigenvalue weighted by molar-refractivity contribution is 5.76. The van der Waals surface area contributed by atoms with Crippen molar-refractivity contribution in [3.05, 3.63) is 0 Å². The van der Waals surface area contributed by atoms with E-state index in [1.54, 1.807) is 0 Å². The predicted octanol–water partition coefficient (Wildman–Crippen LogP) is 1.47. The van der Waals surface area contributed by atoms with E-state index in [-0.39, 0.29) is 17.7 Å². The molecular weight excluding hydrogens is 456 g/mol. The number of hydrogen-bond acceptors (Lipinski definition) is 6. The molecule has 0 unspecified atom stereocenters. The molecule has 2 aliphatic rings. The fourth-order valence-corrected chi connectivity index (χ4v) is 5.30. The molecule has 9 heteroatoms. The van der Waals surface area contributed by atoms with Crippen molar-refractivity contribution >= 4 is 17.7 Å². The van der Waals surface area contributed by atoms with Gasteiger partial charge in [-0.3, -0.25) is 14.4 Å². The van der Waals surface area contributed by atoms with E-state index in [0.29, 0.717) is 39.0 Å². The number of rotatable bonds is 17. The Morgan fingerprint density at radius 1 is 0.694 bits per heavy atom. The topological polar surface area (TPSA) is 120 Å². The number of likely N-dealkylation sites (tertiary alicyclic amines) is 2. The number of carbonyl (C=O) groups is 3. The number of nitrogens with one attached hydrogen (secondary N) is 3. The van der Waals surface area contributed by atoms with Crippen LogP contribution in [0.4, 0.5) is 0 Å². The molecule has 2 aliphatic heterocycles. The van der Waals surface area contributed by atoms with E-state index in [4.69, 9.17) is 5.73 Å². The normalized spacial score (nSPS) is 18.2. The van der Waals surface area contributed by atoms with Crippen molar-refractivity contribution in [2.75, 3.05) is 65.4 Å². The summed E-state index contributed by atoms with van der Waals surface area (Å²) in [6.45, 7) is 10.2. The van der Waals surface area contributed by atoms with Crippen molar-refractivity contribution < 1.29 is 14.4 Å². The van der Waals surface area contributed by atoms with Crippen LogP contribution in [-0.4, -0.2) is 93.0 Å². The summed E-state index contributed by atoms with van der Waals surface area (Å²) in [4.78, 5) is 39.6. The summed E-state index contributed by atoms with van der Waals surface area (Å²) in [7, 11) is 0. The smallest absolute Gasteiger partial charge is 0.221 e. The molecule has 0 aromatic rings. The summed E-state index contributed by atoms with van der Waals surface area (Å²) < 4.78 is 0. The lowest BCUT2D eigenvalue weighted by Crippen LogP contribution is -2.37. The van der Waals surface area contributed by atoms with Gasteiger partial charge in [0.25, 0.3) is 0 Å². The summed E-state index contributed by atoms with van der Waals surface area (Å²) >= 11 is 0. The molecule has 36 heavy (non-hydrogen) atoms. The van der Waals surface area contributed by atoms with E-state index in [1.807, 2.05) is 0 Å². The van der Waals surface area contributed by atoms with Crippen LogP contribution in [0.2, 0.25) is 0 Å². The molecule has 208 valence electrons. The number of hydrogen-bond donors (Lipinski definition) is 4. The quantitative estimate of drug-likeness (QED) is 0.221.